The van der Waals surface area contributed by atoms with Crippen LogP contribution in [0.25, 0.3) is 0 Å². The summed E-state index contributed by atoms with van der Waals surface area (Å²) in [5.74, 6) is -0.0705. The van der Waals surface area contributed by atoms with E-state index in [4.69, 9.17) is 16.3 Å². The van der Waals surface area contributed by atoms with Crippen molar-refractivity contribution in [2.75, 3.05) is 18.1 Å². The van der Waals surface area contributed by atoms with Crippen molar-refractivity contribution in [3.05, 3.63) is 58.6 Å². The molecule has 0 bridgehead atoms. The minimum atomic E-state index is -3.89. The lowest BCUT2D eigenvalue weighted by Crippen LogP contribution is -2.44. The van der Waals surface area contributed by atoms with Crippen molar-refractivity contribution in [1.29, 1.82) is 5.26 Å². The van der Waals surface area contributed by atoms with Crippen molar-refractivity contribution >= 4 is 33.0 Å². The van der Waals surface area contributed by atoms with Gasteiger partial charge in [-0.15, -0.1) is 0 Å². The number of sulfone groups is 1. The average Bonchev–Trinajstić information content (AvgIpc) is 2.79. The Balaban J connectivity index is 2.16. The van der Waals surface area contributed by atoms with E-state index in [1.165, 1.54) is 12.1 Å². The zero-order chi connectivity index (χ0) is 25.3. The molecule has 0 saturated carbocycles. The van der Waals surface area contributed by atoms with E-state index in [9.17, 15) is 18.5 Å². The van der Waals surface area contributed by atoms with Crippen molar-refractivity contribution < 1.29 is 17.9 Å². The molecular formula is C26H31ClN2O4S. The van der Waals surface area contributed by atoms with Gasteiger partial charge in [0.25, 0.3) is 0 Å². The number of nitriles is 1. The highest BCUT2D eigenvalue weighted by molar-refractivity contribution is 7.92. The topological polar surface area (TPSA) is 87.5 Å². The Kier molecular flexibility index (Phi) is 7.47. The molecule has 0 radical (unpaired) electrons. The van der Waals surface area contributed by atoms with E-state index < -0.39 is 20.0 Å². The van der Waals surface area contributed by atoms with Crippen LogP contribution in [0.1, 0.15) is 58.6 Å². The summed E-state index contributed by atoms with van der Waals surface area (Å²) in [5.41, 5.74) is 0.777. The van der Waals surface area contributed by atoms with E-state index in [0.29, 0.717) is 16.3 Å². The zero-order valence-electron chi connectivity index (χ0n) is 20.3. The van der Waals surface area contributed by atoms with Gasteiger partial charge in [-0.3, -0.25) is 4.79 Å². The van der Waals surface area contributed by atoms with E-state index >= 15 is 0 Å². The minimum absolute atomic E-state index is 0.0705. The summed E-state index contributed by atoms with van der Waals surface area (Å²) < 4.78 is 32.2. The molecule has 6 nitrogen and oxygen atoms in total. The molecule has 2 aromatic carbocycles. The molecular weight excluding hydrogens is 472 g/mol. The largest absolute Gasteiger partial charge is 0.381 e. The van der Waals surface area contributed by atoms with Crippen LogP contribution in [0, 0.1) is 16.7 Å². The fourth-order valence-electron chi connectivity index (χ4n) is 4.34. The highest BCUT2D eigenvalue weighted by Gasteiger charge is 2.48. The van der Waals surface area contributed by atoms with Gasteiger partial charge >= 0.3 is 0 Å². The summed E-state index contributed by atoms with van der Waals surface area (Å²) in [6.45, 7) is 9.97. The number of rotatable bonds is 5. The van der Waals surface area contributed by atoms with Gasteiger partial charge in [0.1, 0.15) is 4.75 Å². The quantitative estimate of drug-likeness (QED) is 0.540. The van der Waals surface area contributed by atoms with E-state index in [-0.39, 0.29) is 48.5 Å². The highest BCUT2D eigenvalue weighted by atomic mass is 35.5. The van der Waals surface area contributed by atoms with Gasteiger partial charge in [-0.05, 0) is 62.6 Å². The second kappa shape index (κ2) is 9.69. The lowest BCUT2D eigenvalue weighted by atomic mass is 9.89. The molecule has 0 aromatic heterocycles. The monoisotopic (exact) mass is 502 g/mol. The standard InChI is InChI=1S/C26H31ClN2O4S/c1-18(2)29(24(30)25(3,4)5)23-10-9-20(16-22(23)27)26(11-13-33-14-12-26)34(31,32)21-8-6-7-19(15-21)17-28/h6-10,15-16,18H,11-14H2,1-5H3. The summed E-state index contributed by atoms with van der Waals surface area (Å²) in [6, 6.07) is 13.1. The maximum absolute atomic E-state index is 14.0. The van der Waals surface area contributed by atoms with Gasteiger partial charge in [0.15, 0.2) is 9.84 Å². The number of anilines is 1. The Labute approximate surface area is 207 Å². The third kappa shape index (κ3) is 4.72. The van der Waals surface area contributed by atoms with Gasteiger partial charge in [0.05, 0.1) is 27.2 Å². The van der Waals surface area contributed by atoms with Crippen LogP contribution in [0.5, 0.6) is 0 Å². The zero-order valence-corrected chi connectivity index (χ0v) is 21.8. The summed E-state index contributed by atoms with van der Waals surface area (Å²) in [4.78, 5) is 14.9. The molecule has 3 rings (SSSR count). The molecule has 182 valence electrons. The minimum Gasteiger partial charge on any atom is -0.381 e. The van der Waals surface area contributed by atoms with Gasteiger partial charge in [-0.2, -0.15) is 5.26 Å². The third-order valence-corrected chi connectivity index (χ3v) is 9.05. The Morgan fingerprint density at radius 2 is 1.79 bits per heavy atom. The van der Waals surface area contributed by atoms with Gasteiger partial charge in [-0.1, -0.05) is 44.5 Å². The van der Waals surface area contributed by atoms with Crippen molar-refractivity contribution in [3.63, 3.8) is 0 Å². The van der Waals surface area contributed by atoms with Gasteiger partial charge in [0, 0.05) is 24.7 Å². The predicted molar refractivity (Wildman–Crippen MR) is 134 cm³/mol. The lowest BCUT2D eigenvalue weighted by molar-refractivity contribution is -0.126. The van der Waals surface area contributed by atoms with Crippen LogP contribution in [0.4, 0.5) is 5.69 Å². The molecule has 8 heteroatoms. The Hall–Kier alpha value is -2.40. The lowest BCUT2D eigenvalue weighted by Gasteiger charge is -2.38. The maximum atomic E-state index is 14.0. The van der Waals surface area contributed by atoms with Crippen molar-refractivity contribution in [2.45, 2.75) is 63.1 Å². The van der Waals surface area contributed by atoms with Crippen LogP contribution >= 0.6 is 11.6 Å². The summed E-state index contributed by atoms with van der Waals surface area (Å²) >= 11 is 6.72. The number of carbonyl (C=O) groups excluding carboxylic acids is 1. The number of amides is 1. The summed E-state index contributed by atoms with van der Waals surface area (Å²) in [7, 11) is -3.89. The second-order valence-electron chi connectivity index (χ2n) is 9.93. The van der Waals surface area contributed by atoms with Gasteiger partial charge in [-0.25, -0.2) is 8.42 Å². The molecule has 0 unspecified atom stereocenters. The van der Waals surface area contributed by atoms with Crippen molar-refractivity contribution in [3.8, 4) is 6.07 Å². The van der Waals surface area contributed by atoms with Crippen LogP contribution < -0.4 is 4.90 Å². The van der Waals surface area contributed by atoms with Crippen LogP contribution in [-0.4, -0.2) is 33.6 Å². The van der Waals surface area contributed by atoms with Crippen LogP contribution in [0.3, 0.4) is 0 Å². The van der Waals surface area contributed by atoms with E-state index in [1.807, 2.05) is 40.7 Å². The molecule has 1 aliphatic rings. The van der Waals surface area contributed by atoms with Crippen LogP contribution in [-0.2, 0) is 24.1 Å². The molecule has 34 heavy (non-hydrogen) atoms. The van der Waals surface area contributed by atoms with E-state index in [1.54, 1.807) is 35.2 Å². The molecule has 0 N–H and O–H groups in total. The predicted octanol–water partition coefficient (Wildman–Crippen LogP) is 5.48. The fourth-order valence-corrected chi connectivity index (χ4v) is 6.75. The second-order valence-corrected chi connectivity index (χ2v) is 12.6. The molecule has 0 atom stereocenters. The third-order valence-electron chi connectivity index (χ3n) is 6.20. The van der Waals surface area contributed by atoms with Crippen molar-refractivity contribution in [1.82, 2.24) is 0 Å². The Morgan fingerprint density at radius 1 is 1.15 bits per heavy atom. The first-order valence-corrected chi connectivity index (χ1v) is 13.2. The van der Waals surface area contributed by atoms with Crippen LogP contribution in [0.15, 0.2) is 47.4 Å². The number of benzene rings is 2. The molecule has 0 spiro atoms. The van der Waals surface area contributed by atoms with Gasteiger partial charge in [0.2, 0.25) is 5.91 Å². The number of hydrogen-bond donors (Lipinski definition) is 0. The Morgan fingerprint density at radius 3 is 2.32 bits per heavy atom. The first-order chi connectivity index (χ1) is 15.8. The number of nitrogens with zero attached hydrogens (tertiary/aromatic N) is 2. The molecule has 1 fully saturated rings. The molecule has 0 aliphatic carbocycles. The summed E-state index contributed by atoms with van der Waals surface area (Å²) in [5, 5.41) is 9.59. The van der Waals surface area contributed by atoms with Crippen LogP contribution in [0.2, 0.25) is 5.02 Å². The summed E-state index contributed by atoms with van der Waals surface area (Å²) in [6.07, 6.45) is 0.521. The van der Waals surface area contributed by atoms with E-state index in [2.05, 4.69) is 0 Å². The van der Waals surface area contributed by atoms with Crippen molar-refractivity contribution in [2.24, 2.45) is 5.41 Å². The number of halogens is 1. The first kappa shape index (κ1) is 26.2. The molecule has 1 heterocycles. The molecule has 1 amide bonds. The highest BCUT2D eigenvalue weighted by Crippen LogP contribution is 2.45. The fraction of sp³-hybridized carbons (Fsp3) is 0.462. The molecule has 1 saturated heterocycles. The molecule has 1 aliphatic heterocycles. The van der Waals surface area contributed by atoms with E-state index in [0.717, 1.165) is 0 Å². The first-order valence-electron chi connectivity index (χ1n) is 11.3. The molecule has 2 aromatic rings. The van der Waals surface area contributed by atoms with Gasteiger partial charge < -0.3 is 9.64 Å². The smallest absolute Gasteiger partial charge is 0.232 e. The normalized spacial score (nSPS) is 16.2. The Bertz CT molecular complexity index is 1220. The number of carbonyl (C=O) groups is 1. The number of ether oxygens (including phenoxy) is 1. The SMILES string of the molecule is CC(C)N(C(=O)C(C)(C)C)c1ccc(C2(S(=O)(=O)c3cccc(C#N)c3)CCOCC2)cc1Cl. The average molecular weight is 503 g/mol. The number of hydrogen-bond acceptors (Lipinski definition) is 5. The maximum Gasteiger partial charge on any atom is 0.232 e.